The summed E-state index contributed by atoms with van der Waals surface area (Å²) >= 11 is 0. The van der Waals surface area contributed by atoms with Crippen LogP contribution in [0.25, 0.3) is 10.9 Å². The van der Waals surface area contributed by atoms with Crippen LogP contribution in [0, 0.1) is 6.92 Å². The highest BCUT2D eigenvalue weighted by Gasteiger charge is 1.98. The maximum atomic E-state index is 11.2. The zero-order chi connectivity index (χ0) is 11.3. The van der Waals surface area contributed by atoms with Crippen molar-refractivity contribution in [3.63, 3.8) is 0 Å². The summed E-state index contributed by atoms with van der Waals surface area (Å²) in [4.78, 5) is 15.2. The molecule has 0 saturated heterocycles. The van der Waals surface area contributed by atoms with Crippen LogP contribution in [-0.4, -0.2) is 15.2 Å². The Balaban J connectivity index is 0.000000337. The normalized spacial score (nSPS) is 9.53. The third kappa shape index (κ3) is 2.87. The molecule has 0 aliphatic heterocycles. The van der Waals surface area contributed by atoms with Crippen LogP contribution in [0.15, 0.2) is 23.1 Å². The van der Waals surface area contributed by atoms with Gasteiger partial charge in [0.2, 0.25) is 0 Å². The van der Waals surface area contributed by atoms with Gasteiger partial charge in [0.15, 0.2) is 0 Å². The minimum atomic E-state index is -0.240. The van der Waals surface area contributed by atoms with E-state index < -0.39 is 0 Å². The molecular weight excluding hydrogens is 190 g/mol. The van der Waals surface area contributed by atoms with Crippen molar-refractivity contribution in [3.05, 3.63) is 34.4 Å². The number of H-pyrrole nitrogens is 1. The van der Waals surface area contributed by atoms with Crippen LogP contribution in [0.3, 0.4) is 0 Å². The quantitative estimate of drug-likeness (QED) is 0.716. The minimum absolute atomic E-state index is 0.240. The number of hydrogen-bond acceptors (Lipinski definition) is 3. The first-order valence-corrected chi connectivity index (χ1v) is 5.00. The summed E-state index contributed by atoms with van der Waals surface area (Å²) in [5.41, 5.74) is 1.04. The lowest BCUT2D eigenvalue weighted by Crippen LogP contribution is -2.09. The second-order valence-electron chi connectivity index (χ2n) is 3.30. The molecule has 1 N–H and O–H groups in total. The number of rotatable bonds is 0. The van der Waals surface area contributed by atoms with Crippen molar-refractivity contribution in [2.45, 2.75) is 27.2 Å². The average molecular weight is 205 g/mol. The number of aromatic nitrogens is 3. The van der Waals surface area contributed by atoms with Crippen LogP contribution in [0.5, 0.6) is 0 Å². The predicted octanol–water partition coefficient (Wildman–Crippen LogP) is 2.04. The van der Waals surface area contributed by atoms with E-state index in [2.05, 4.69) is 29.0 Å². The molecule has 0 atom stereocenters. The van der Waals surface area contributed by atoms with Gasteiger partial charge in [0.1, 0.15) is 5.52 Å². The molecule has 0 bridgehead atoms. The van der Waals surface area contributed by atoms with Crippen molar-refractivity contribution in [1.29, 1.82) is 0 Å². The fourth-order valence-electron chi connectivity index (χ4n) is 1.07. The number of fused-ring (bicyclic) bond motifs is 1. The predicted molar refractivity (Wildman–Crippen MR) is 60.9 cm³/mol. The monoisotopic (exact) mass is 205 g/mol. The number of hydrogen-bond donors (Lipinski definition) is 1. The van der Waals surface area contributed by atoms with Gasteiger partial charge >= 0.3 is 0 Å². The Bertz CT molecular complexity index is 490. The van der Waals surface area contributed by atoms with Gasteiger partial charge in [0.05, 0.1) is 6.20 Å². The van der Waals surface area contributed by atoms with Crippen molar-refractivity contribution < 1.29 is 0 Å². The fraction of sp³-hybridized carbons (Fsp3) is 0.364. The third-order valence-corrected chi connectivity index (χ3v) is 1.65. The Morgan fingerprint density at radius 2 is 2.00 bits per heavy atom. The number of aryl methyl sites for hydroxylation is 1. The minimum Gasteiger partial charge on any atom is -0.266 e. The molecule has 4 nitrogen and oxygen atoms in total. The van der Waals surface area contributed by atoms with Crippen LogP contribution >= 0.6 is 0 Å². The largest absolute Gasteiger partial charge is 0.290 e. The highest BCUT2D eigenvalue weighted by Crippen LogP contribution is 2.04. The SMILES string of the molecule is CCC.Cc1ccc2cn[nH]c(=O)c2n1. The summed E-state index contributed by atoms with van der Waals surface area (Å²) in [6, 6.07) is 3.68. The van der Waals surface area contributed by atoms with Gasteiger partial charge in [-0.15, -0.1) is 0 Å². The highest BCUT2D eigenvalue weighted by molar-refractivity contribution is 5.76. The van der Waals surface area contributed by atoms with Gasteiger partial charge in [-0.05, 0) is 19.1 Å². The molecule has 2 heterocycles. The number of nitrogens with one attached hydrogen (secondary N) is 1. The molecule has 0 aliphatic carbocycles. The molecule has 2 rings (SSSR count). The molecule has 0 aliphatic rings. The molecule has 0 fully saturated rings. The first-order valence-electron chi connectivity index (χ1n) is 5.00. The van der Waals surface area contributed by atoms with E-state index in [4.69, 9.17) is 0 Å². The van der Waals surface area contributed by atoms with Gasteiger partial charge in [-0.2, -0.15) is 5.10 Å². The van der Waals surface area contributed by atoms with Gasteiger partial charge < -0.3 is 0 Å². The Morgan fingerprint density at radius 1 is 1.33 bits per heavy atom. The van der Waals surface area contributed by atoms with Gasteiger partial charge in [-0.25, -0.2) is 10.1 Å². The lowest BCUT2D eigenvalue weighted by molar-refractivity contribution is 1.000. The Hall–Kier alpha value is -1.71. The lowest BCUT2D eigenvalue weighted by atomic mass is 10.3. The zero-order valence-electron chi connectivity index (χ0n) is 9.24. The number of nitrogens with zero attached hydrogens (tertiary/aromatic N) is 2. The van der Waals surface area contributed by atoms with Gasteiger partial charge in [-0.3, -0.25) is 4.79 Å². The lowest BCUT2D eigenvalue weighted by Gasteiger charge is -1.94. The fourth-order valence-corrected chi connectivity index (χ4v) is 1.07. The Morgan fingerprint density at radius 3 is 2.67 bits per heavy atom. The van der Waals surface area contributed by atoms with E-state index in [0.29, 0.717) is 5.52 Å². The maximum Gasteiger partial charge on any atom is 0.290 e. The van der Waals surface area contributed by atoms with E-state index in [9.17, 15) is 4.79 Å². The Kier molecular flexibility index (Phi) is 3.97. The smallest absolute Gasteiger partial charge is 0.266 e. The van der Waals surface area contributed by atoms with E-state index in [1.807, 2.05) is 19.1 Å². The van der Waals surface area contributed by atoms with Crippen LogP contribution in [0.4, 0.5) is 0 Å². The maximum absolute atomic E-state index is 11.2. The molecule has 0 saturated carbocycles. The topological polar surface area (TPSA) is 58.6 Å². The summed E-state index contributed by atoms with van der Waals surface area (Å²) in [6.45, 7) is 6.10. The molecule has 2 aromatic rings. The first kappa shape index (κ1) is 11.4. The van der Waals surface area contributed by atoms with Crippen molar-refractivity contribution in [3.8, 4) is 0 Å². The van der Waals surface area contributed by atoms with Crippen LogP contribution in [-0.2, 0) is 0 Å². The van der Waals surface area contributed by atoms with E-state index >= 15 is 0 Å². The molecule has 0 amide bonds. The average Bonchev–Trinajstić information content (AvgIpc) is 2.21. The molecule has 0 aromatic carbocycles. The molecule has 80 valence electrons. The Labute approximate surface area is 88.4 Å². The van der Waals surface area contributed by atoms with Crippen molar-refractivity contribution in [2.24, 2.45) is 0 Å². The number of pyridine rings is 1. The van der Waals surface area contributed by atoms with Crippen molar-refractivity contribution >= 4 is 10.9 Å². The first-order chi connectivity index (χ1) is 7.19. The summed E-state index contributed by atoms with van der Waals surface area (Å²) in [6.07, 6.45) is 2.84. The summed E-state index contributed by atoms with van der Waals surface area (Å²) < 4.78 is 0. The summed E-state index contributed by atoms with van der Waals surface area (Å²) in [7, 11) is 0. The van der Waals surface area contributed by atoms with Gasteiger partial charge in [-0.1, -0.05) is 20.3 Å². The molecular formula is C11H15N3O. The molecule has 0 unspecified atom stereocenters. The van der Waals surface area contributed by atoms with E-state index in [1.165, 1.54) is 6.42 Å². The van der Waals surface area contributed by atoms with Gasteiger partial charge in [0.25, 0.3) is 5.56 Å². The van der Waals surface area contributed by atoms with Crippen LogP contribution in [0.1, 0.15) is 26.0 Å². The highest BCUT2D eigenvalue weighted by atomic mass is 16.1. The standard InChI is InChI=1S/C8H7N3O.C3H8/c1-5-2-3-6-4-9-11-8(12)7(6)10-5;1-3-2/h2-4H,1H3,(H,11,12);3H2,1-2H3. The van der Waals surface area contributed by atoms with E-state index in [1.54, 1.807) is 6.20 Å². The van der Waals surface area contributed by atoms with Gasteiger partial charge in [0, 0.05) is 11.1 Å². The molecule has 0 spiro atoms. The second-order valence-corrected chi connectivity index (χ2v) is 3.30. The molecule has 4 heteroatoms. The van der Waals surface area contributed by atoms with Crippen LogP contribution in [0.2, 0.25) is 0 Å². The summed E-state index contributed by atoms with van der Waals surface area (Å²) in [5.74, 6) is 0. The second kappa shape index (κ2) is 5.24. The van der Waals surface area contributed by atoms with Crippen molar-refractivity contribution in [2.75, 3.05) is 0 Å². The summed E-state index contributed by atoms with van der Waals surface area (Å²) in [5, 5.41) is 6.77. The van der Waals surface area contributed by atoms with E-state index in [-0.39, 0.29) is 5.56 Å². The molecule has 0 radical (unpaired) electrons. The third-order valence-electron chi connectivity index (χ3n) is 1.65. The van der Waals surface area contributed by atoms with Crippen molar-refractivity contribution in [1.82, 2.24) is 15.2 Å². The number of aromatic amines is 1. The van der Waals surface area contributed by atoms with Crippen LogP contribution < -0.4 is 5.56 Å². The zero-order valence-corrected chi connectivity index (χ0v) is 9.24. The van der Waals surface area contributed by atoms with E-state index in [0.717, 1.165) is 11.1 Å². The molecule has 2 aromatic heterocycles. The molecule has 15 heavy (non-hydrogen) atoms.